The van der Waals surface area contributed by atoms with Gasteiger partial charge in [-0.25, -0.2) is 0 Å². The molecule has 0 N–H and O–H groups in total. The SMILES string of the molecule is Cc1cc(C)cc(N(c2cc(C)cc(C)c2)c2c3ccccc3c3c4c(cccc24)-c2ccc(C=C4C(=O)c5cc6ccccc6cc5C4=O)cc2-3)c1. The smallest absolute Gasteiger partial charge is 0.197 e. The van der Waals surface area contributed by atoms with Gasteiger partial charge in [-0.1, -0.05) is 91.0 Å². The predicted molar refractivity (Wildman–Crippen MR) is 220 cm³/mol. The standard InChI is InChI=1S/C50H35NO2/c1-28-18-29(2)21-35(20-28)51(36-22-30(3)19-31(4)23-36)48-40-13-8-7-12-39(40)47-42-24-32(16-17-37(42)38-14-9-15-41(48)46(38)47)25-45-49(52)43-26-33-10-5-6-11-34(33)27-44(43)50(45)53/h5-27H,1-4H3. The van der Waals surface area contributed by atoms with Crippen LogP contribution in [0.15, 0.2) is 139 Å². The van der Waals surface area contributed by atoms with Crippen molar-refractivity contribution in [3.63, 3.8) is 0 Å². The van der Waals surface area contributed by atoms with Gasteiger partial charge in [0.05, 0.1) is 11.3 Å². The fourth-order valence-electron chi connectivity index (χ4n) is 8.92. The topological polar surface area (TPSA) is 37.4 Å². The number of Topliss-reactive ketones (excluding diaryl/α,β-unsaturated/α-hetero) is 2. The van der Waals surface area contributed by atoms with Crippen molar-refractivity contribution < 1.29 is 9.59 Å². The number of carbonyl (C=O) groups is 2. The second-order valence-corrected chi connectivity index (χ2v) is 14.8. The molecular formula is C50H35NO2. The maximum Gasteiger partial charge on any atom is 0.197 e. The summed E-state index contributed by atoms with van der Waals surface area (Å²) in [5, 5.41) is 6.62. The molecule has 53 heavy (non-hydrogen) atoms. The Morgan fingerprint density at radius 2 is 1.00 bits per heavy atom. The largest absolute Gasteiger partial charge is 0.309 e. The molecule has 8 aromatic carbocycles. The third-order valence-electron chi connectivity index (χ3n) is 11.0. The minimum absolute atomic E-state index is 0.213. The maximum atomic E-state index is 13.7. The fourth-order valence-corrected chi connectivity index (χ4v) is 8.92. The minimum Gasteiger partial charge on any atom is -0.309 e. The normalized spacial score (nSPS) is 12.9. The van der Waals surface area contributed by atoms with Gasteiger partial charge in [0.25, 0.3) is 0 Å². The van der Waals surface area contributed by atoms with Gasteiger partial charge in [-0.2, -0.15) is 0 Å². The van der Waals surface area contributed by atoms with Crippen LogP contribution < -0.4 is 4.90 Å². The molecule has 8 aromatic rings. The van der Waals surface area contributed by atoms with Gasteiger partial charge in [-0.3, -0.25) is 9.59 Å². The number of ketones is 2. The molecule has 0 saturated carbocycles. The van der Waals surface area contributed by atoms with Gasteiger partial charge < -0.3 is 4.90 Å². The van der Waals surface area contributed by atoms with E-state index in [4.69, 9.17) is 0 Å². The van der Waals surface area contributed by atoms with Crippen LogP contribution in [0.25, 0.3) is 60.6 Å². The Morgan fingerprint density at radius 1 is 0.453 bits per heavy atom. The first-order valence-corrected chi connectivity index (χ1v) is 18.2. The Kier molecular flexibility index (Phi) is 6.74. The second kappa shape index (κ2) is 11.5. The summed E-state index contributed by atoms with van der Waals surface area (Å²) in [4.78, 5) is 29.9. The second-order valence-electron chi connectivity index (χ2n) is 14.8. The van der Waals surface area contributed by atoms with Crippen molar-refractivity contribution >= 4 is 67.0 Å². The van der Waals surface area contributed by atoms with Crippen molar-refractivity contribution in [3.05, 3.63) is 178 Å². The number of carbonyl (C=O) groups excluding carboxylic acids is 2. The van der Waals surface area contributed by atoms with Crippen LogP contribution >= 0.6 is 0 Å². The van der Waals surface area contributed by atoms with Crippen LogP contribution in [-0.4, -0.2) is 11.6 Å². The third-order valence-corrected chi connectivity index (χ3v) is 11.0. The Labute approximate surface area is 308 Å². The molecule has 0 spiro atoms. The molecule has 0 aliphatic heterocycles. The Balaban J connectivity index is 1.20. The number of aryl methyl sites for hydroxylation is 4. The molecular weight excluding hydrogens is 647 g/mol. The number of nitrogens with zero attached hydrogens (tertiary/aromatic N) is 1. The van der Waals surface area contributed by atoms with Crippen molar-refractivity contribution in [2.75, 3.05) is 4.90 Å². The molecule has 0 saturated heterocycles. The Hall–Kier alpha value is -6.58. The van der Waals surface area contributed by atoms with Crippen LogP contribution in [0.4, 0.5) is 17.1 Å². The van der Waals surface area contributed by atoms with Gasteiger partial charge in [-0.05, 0) is 142 Å². The number of fused-ring (bicyclic) bond motifs is 7. The molecule has 0 radical (unpaired) electrons. The van der Waals surface area contributed by atoms with Crippen LogP contribution in [0.5, 0.6) is 0 Å². The molecule has 3 heteroatoms. The molecule has 2 aliphatic carbocycles. The molecule has 0 amide bonds. The minimum atomic E-state index is -0.213. The highest BCUT2D eigenvalue weighted by Gasteiger charge is 2.34. The Bertz CT molecular complexity index is 2830. The predicted octanol–water partition coefficient (Wildman–Crippen LogP) is 13.0. The van der Waals surface area contributed by atoms with Crippen molar-refractivity contribution in [2.24, 2.45) is 0 Å². The van der Waals surface area contributed by atoms with E-state index < -0.39 is 0 Å². The van der Waals surface area contributed by atoms with E-state index in [1.54, 1.807) is 6.08 Å². The molecule has 0 fully saturated rings. The van der Waals surface area contributed by atoms with Gasteiger partial charge in [0.1, 0.15) is 0 Å². The highest BCUT2D eigenvalue weighted by molar-refractivity contribution is 6.42. The first-order valence-electron chi connectivity index (χ1n) is 18.2. The van der Waals surface area contributed by atoms with E-state index in [1.807, 2.05) is 42.5 Å². The molecule has 10 rings (SSSR count). The van der Waals surface area contributed by atoms with Crippen LogP contribution in [0, 0.1) is 27.7 Å². The summed E-state index contributed by atoms with van der Waals surface area (Å²) in [6.45, 7) is 8.66. The number of anilines is 3. The summed E-state index contributed by atoms with van der Waals surface area (Å²) in [5.41, 5.74) is 14.9. The van der Waals surface area contributed by atoms with Crippen molar-refractivity contribution in [3.8, 4) is 22.3 Å². The van der Waals surface area contributed by atoms with Crippen molar-refractivity contribution in [2.45, 2.75) is 27.7 Å². The molecule has 3 nitrogen and oxygen atoms in total. The monoisotopic (exact) mass is 681 g/mol. The number of benzene rings is 8. The molecule has 0 bridgehead atoms. The first-order chi connectivity index (χ1) is 25.7. The van der Waals surface area contributed by atoms with Gasteiger partial charge >= 0.3 is 0 Å². The van der Waals surface area contributed by atoms with Gasteiger partial charge in [-0.15, -0.1) is 0 Å². The van der Waals surface area contributed by atoms with E-state index in [-0.39, 0.29) is 17.1 Å². The molecule has 0 aromatic heterocycles. The molecule has 0 heterocycles. The fraction of sp³-hybridized carbons (Fsp3) is 0.0800. The summed E-state index contributed by atoms with van der Waals surface area (Å²) < 4.78 is 0. The zero-order chi connectivity index (χ0) is 36.1. The van der Waals surface area contributed by atoms with E-state index in [9.17, 15) is 9.59 Å². The van der Waals surface area contributed by atoms with Crippen LogP contribution in [0.1, 0.15) is 48.5 Å². The van der Waals surface area contributed by atoms with E-state index >= 15 is 0 Å². The lowest BCUT2D eigenvalue weighted by Crippen LogP contribution is -2.12. The van der Waals surface area contributed by atoms with Crippen molar-refractivity contribution in [1.29, 1.82) is 0 Å². The highest BCUT2D eigenvalue weighted by atomic mass is 16.2. The average Bonchev–Trinajstić information content (AvgIpc) is 3.59. The highest BCUT2D eigenvalue weighted by Crippen LogP contribution is 2.55. The average molecular weight is 682 g/mol. The van der Waals surface area contributed by atoms with E-state index in [2.05, 4.69) is 124 Å². The Morgan fingerprint density at radius 3 is 1.60 bits per heavy atom. The number of rotatable bonds is 4. The number of hydrogen-bond acceptors (Lipinski definition) is 3. The summed E-state index contributed by atoms with van der Waals surface area (Å²) in [5.74, 6) is -0.427. The maximum absolute atomic E-state index is 13.7. The van der Waals surface area contributed by atoms with Crippen LogP contribution in [-0.2, 0) is 0 Å². The molecule has 0 unspecified atom stereocenters. The lowest BCUT2D eigenvalue weighted by molar-refractivity contribution is 0.0990. The summed E-state index contributed by atoms with van der Waals surface area (Å²) in [6.07, 6.45) is 1.79. The summed E-state index contributed by atoms with van der Waals surface area (Å²) in [6, 6.07) is 46.9. The van der Waals surface area contributed by atoms with E-state index in [0.29, 0.717) is 11.1 Å². The lowest BCUT2D eigenvalue weighted by atomic mass is 9.92. The molecule has 2 aliphatic rings. The van der Waals surface area contributed by atoms with E-state index in [0.717, 1.165) is 55.3 Å². The van der Waals surface area contributed by atoms with Gasteiger partial charge in [0.2, 0.25) is 0 Å². The first kappa shape index (κ1) is 31.2. The summed E-state index contributed by atoms with van der Waals surface area (Å²) in [7, 11) is 0. The van der Waals surface area contributed by atoms with Gasteiger partial charge in [0, 0.05) is 38.7 Å². The number of hydrogen-bond donors (Lipinski definition) is 0. The van der Waals surface area contributed by atoms with E-state index in [1.165, 1.54) is 44.2 Å². The zero-order valence-corrected chi connectivity index (χ0v) is 30.0. The molecule has 0 atom stereocenters. The summed E-state index contributed by atoms with van der Waals surface area (Å²) >= 11 is 0. The lowest BCUT2D eigenvalue weighted by Gasteiger charge is -2.30. The van der Waals surface area contributed by atoms with Gasteiger partial charge in [0.15, 0.2) is 11.6 Å². The molecule has 252 valence electrons. The van der Waals surface area contributed by atoms with Crippen LogP contribution in [0.3, 0.4) is 0 Å². The van der Waals surface area contributed by atoms with Crippen molar-refractivity contribution in [1.82, 2.24) is 0 Å². The number of allylic oxidation sites excluding steroid dienone is 1. The van der Waals surface area contributed by atoms with Crippen LogP contribution in [0.2, 0.25) is 0 Å². The third kappa shape index (κ3) is 4.74. The quantitative estimate of drug-likeness (QED) is 0.105. The zero-order valence-electron chi connectivity index (χ0n) is 30.0.